The molecule has 0 unspecified atom stereocenters. The largest absolute Gasteiger partial charge is 0.497 e. The SMILES string of the molecule is COc1ccc([C@H]2CC(=O)c3c(C)nc(Nc4cccc(C)c4)nc3C2)c(OC)c1. The van der Waals surface area contributed by atoms with Crippen LogP contribution in [0.1, 0.15) is 45.2 Å². The van der Waals surface area contributed by atoms with Crippen molar-refractivity contribution >= 4 is 17.4 Å². The first-order chi connectivity index (χ1) is 14.5. The van der Waals surface area contributed by atoms with Crippen LogP contribution in [-0.4, -0.2) is 30.0 Å². The Morgan fingerprint density at radius 3 is 2.57 bits per heavy atom. The molecule has 1 atom stereocenters. The van der Waals surface area contributed by atoms with E-state index in [1.54, 1.807) is 14.2 Å². The van der Waals surface area contributed by atoms with Crippen molar-refractivity contribution < 1.29 is 14.3 Å². The van der Waals surface area contributed by atoms with Crippen molar-refractivity contribution in [1.29, 1.82) is 0 Å². The van der Waals surface area contributed by atoms with Crippen LogP contribution in [0.4, 0.5) is 11.6 Å². The number of Topliss-reactive ketones (excluding diaryl/α,β-unsaturated/α-hetero) is 1. The van der Waals surface area contributed by atoms with Gasteiger partial charge in [-0.3, -0.25) is 4.79 Å². The van der Waals surface area contributed by atoms with Crippen molar-refractivity contribution in [2.75, 3.05) is 19.5 Å². The zero-order valence-corrected chi connectivity index (χ0v) is 17.7. The second-order valence-electron chi connectivity index (χ2n) is 7.59. The Bertz CT molecular complexity index is 1110. The van der Waals surface area contributed by atoms with Crippen LogP contribution in [0.5, 0.6) is 11.5 Å². The van der Waals surface area contributed by atoms with E-state index in [9.17, 15) is 4.79 Å². The monoisotopic (exact) mass is 403 g/mol. The maximum absolute atomic E-state index is 13.0. The van der Waals surface area contributed by atoms with Gasteiger partial charge in [-0.1, -0.05) is 18.2 Å². The third-order valence-corrected chi connectivity index (χ3v) is 5.47. The Labute approximate surface area is 176 Å². The Hall–Kier alpha value is -3.41. The van der Waals surface area contributed by atoms with Crippen LogP contribution in [0.25, 0.3) is 0 Å². The van der Waals surface area contributed by atoms with Crippen LogP contribution in [0, 0.1) is 13.8 Å². The van der Waals surface area contributed by atoms with Crippen LogP contribution < -0.4 is 14.8 Å². The molecule has 3 aromatic rings. The summed E-state index contributed by atoms with van der Waals surface area (Å²) in [6.07, 6.45) is 1.06. The lowest BCUT2D eigenvalue weighted by Gasteiger charge is -2.26. The Morgan fingerprint density at radius 1 is 1.00 bits per heavy atom. The molecule has 1 heterocycles. The summed E-state index contributed by atoms with van der Waals surface area (Å²) in [5, 5.41) is 3.27. The molecule has 0 saturated heterocycles. The van der Waals surface area contributed by atoms with Gasteiger partial charge in [0.25, 0.3) is 0 Å². The molecule has 2 aromatic carbocycles. The van der Waals surface area contributed by atoms with Gasteiger partial charge in [0.05, 0.1) is 31.2 Å². The standard InChI is InChI=1S/C24H25N3O3/c1-14-6-5-7-17(10-14)26-24-25-15(2)23-20(27-24)11-16(12-21(23)28)19-9-8-18(29-3)13-22(19)30-4/h5-10,13,16H,11-12H2,1-4H3,(H,25,26,27)/t16-/m1/s1. The van der Waals surface area contributed by atoms with E-state index in [4.69, 9.17) is 14.5 Å². The number of ether oxygens (including phenoxy) is 2. The number of anilines is 2. The van der Waals surface area contributed by atoms with Gasteiger partial charge in [0.2, 0.25) is 5.95 Å². The maximum atomic E-state index is 13.0. The summed E-state index contributed by atoms with van der Waals surface area (Å²) in [6.45, 7) is 3.91. The molecule has 1 aliphatic carbocycles. The van der Waals surface area contributed by atoms with E-state index in [0.29, 0.717) is 30.0 Å². The lowest BCUT2D eigenvalue weighted by molar-refractivity contribution is 0.0961. The van der Waals surface area contributed by atoms with Crippen molar-refractivity contribution in [3.63, 3.8) is 0 Å². The van der Waals surface area contributed by atoms with Crippen LogP contribution >= 0.6 is 0 Å². The first kappa shape index (κ1) is 19.9. The highest BCUT2D eigenvalue weighted by molar-refractivity contribution is 6.00. The van der Waals surface area contributed by atoms with E-state index in [0.717, 1.165) is 34.0 Å². The molecule has 0 aliphatic heterocycles. The van der Waals surface area contributed by atoms with Crippen LogP contribution in [0.15, 0.2) is 42.5 Å². The first-order valence-electron chi connectivity index (χ1n) is 9.94. The number of aromatic nitrogens is 2. The van der Waals surface area contributed by atoms with Crippen LogP contribution in [-0.2, 0) is 6.42 Å². The maximum Gasteiger partial charge on any atom is 0.227 e. The zero-order chi connectivity index (χ0) is 21.3. The Kier molecular flexibility index (Phi) is 5.40. The molecule has 0 spiro atoms. The van der Waals surface area contributed by atoms with Crippen molar-refractivity contribution in [3.8, 4) is 11.5 Å². The van der Waals surface area contributed by atoms with Crippen LogP contribution in [0.3, 0.4) is 0 Å². The molecule has 0 radical (unpaired) electrons. The number of hydrogen-bond donors (Lipinski definition) is 1. The van der Waals surface area contributed by atoms with Gasteiger partial charge >= 0.3 is 0 Å². The molecule has 30 heavy (non-hydrogen) atoms. The van der Waals surface area contributed by atoms with Gasteiger partial charge in [0.1, 0.15) is 11.5 Å². The molecule has 1 aromatic heterocycles. The third kappa shape index (κ3) is 3.85. The number of fused-ring (bicyclic) bond motifs is 1. The van der Waals surface area contributed by atoms with E-state index in [2.05, 4.69) is 10.3 Å². The predicted octanol–water partition coefficient (Wildman–Crippen LogP) is 4.77. The average molecular weight is 403 g/mol. The minimum absolute atomic E-state index is 0.00743. The van der Waals surface area contributed by atoms with E-state index in [-0.39, 0.29) is 11.7 Å². The molecule has 6 nitrogen and oxygen atoms in total. The molecule has 1 aliphatic rings. The van der Waals surface area contributed by atoms with Gasteiger partial charge in [-0.05, 0) is 49.6 Å². The Balaban J connectivity index is 1.68. The number of hydrogen-bond acceptors (Lipinski definition) is 6. The summed E-state index contributed by atoms with van der Waals surface area (Å²) < 4.78 is 10.9. The number of rotatable bonds is 5. The first-order valence-corrected chi connectivity index (χ1v) is 9.94. The second-order valence-corrected chi connectivity index (χ2v) is 7.59. The van der Waals surface area contributed by atoms with Gasteiger partial charge in [-0.15, -0.1) is 0 Å². The summed E-state index contributed by atoms with van der Waals surface area (Å²) in [5.74, 6) is 2.01. The summed E-state index contributed by atoms with van der Waals surface area (Å²) in [7, 11) is 3.25. The number of carbonyl (C=O) groups is 1. The Morgan fingerprint density at radius 2 is 1.83 bits per heavy atom. The summed E-state index contributed by atoms with van der Waals surface area (Å²) in [4.78, 5) is 22.2. The van der Waals surface area contributed by atoms with Crippen molar-refractivity contribution in [2.24, 2.45) is 0 Å². The number of benzene rings is 2. The van der Waals surface area contributed by atoms with Crippen molar-refractivity contribution in [2.45, 2.75) is 32.6 Å². The van der Waals surface area contributed by atoms with Gasteiger partial charge in [0.15, 0.2) is 5.78 Å². The lowest BCUT2D eigenvalue weighted by atomic mass is 9.81. The normalized spacial score (nSPS) is 15.5. The van der Waals surface area contributed by atoms with Gasteiger partial charge in [0, 0.05) is 24.1 Å². The number of aryl methyl sites for hydroxylation is 2. The molecule has 1 N–H and O–H groups in total. The minimum atomic E-state index is -0.00743. The molecule has 154 valence electrons. The smallest absolute Gasteiger partial charge is 0.227 e. The predicted molar refractivity (Wildman–Crippen MR) is 116 cm³/mol. The fraction of sp³-hybridized carbons (Fsp3) is 0.292. The van der Waals surface area contributed by atoms with E-state index in [1.807, 2.05) is 56.3 Å². The molecule has 0 fully saturated rings. The number of nitrogens with one attached hydrogen (secondary N) is 1. The zero-order valence-electron chi connectivity index (χ0n) is 17.7. The van der Waals surface area contributed by atoms with Crippen LogP contribution in [0.2, 0.25) is 0 Å². The third-order valence-electron chi connectivity index (χ3n) is 5.47. The molecular formula is C24H25N3O3. The molecule has 4 rings (SSSR count). The van der Waals surface area contributed by atoms with Gasteiger partial charge < -0.3 is 14.8 Å². The summed E-state index contributed by atoms with van der Waals surface area (Å²) >= 11 is 0. The van der Waals surface area contributed by atoms with E-state index >= 15 is 0 Å². The number of methoxy groups -OCH3 is 2. The van der Waals surface area contributed by atoms with E-state index < -0.39 is 0 Å². The van der Waals surface area contributed by atoms with Gasteiger partial charge in [-0.25, -0.2) is 9.97 Å². The number of ketones is 1. The molecule has 0 bridgehead atoms. The van der Waals surface area contributed by atoms with E-state index in [1.165, 1.54) is 0 Å². The number of nitrogens with zero attached hydrogens (tertiary/aromatic N) is 2. The quantitative estimate of drug-likeness (QED) is 0.662. The average Bonchev–Trinajstić information content (AvgIpc) is 2.72. The fourth-order valence-corrected chi connectivity index (χ4v) is 4.06. The minimum Gasteiger partial charge on any atom is -0.497 e. The highest BCUT2D eigenvalue weighted by Gasteiger charge is 2.31. The second kappa shape index (κ2) is 8.14. The van der Waals surface area contributed by atoms with Crippen molar-refractivity contribution in [1.82, 2.24) is 9.97 Å². The lowest BCUT2D eigenvalue weighted by Crippen LogP contribution is -2.23. The highest BCUT2D eigenvalue weighted by Crippen LogP contribution is 2.39. The summed E-state index contributed by atoms with van der Waals surface area (Å²) in [6, 6.07) is 13.8. The molecule has 0 saturated carbocycles. The van der Waals surface area contributed by atoms with Gasteiger partial charge in [-0.2, -0.15) is 0 Å². The van der Waals surface area contributed by atoms with Crippen molar-refractivity contribution in [3.05, 3.63) is 70.5 Å². The molecular weight excluding hydrogens is 378 g/mol. The summed E-state index contributed by atoms with van der Waals surface area (Å²) in [5.41, 5.74) is 5.19. The molecule has 0 amide bonds. The highest BCUT2D eigenvalue weighted by atomic mass is 16.5. The fourth-order valence-electron chi connectivity index (χ4n) is 4.06. The number of carbonyl (C=O) groups excluding carboxylic acids is 1. The molecule has 6 heteroatoms. The topological polar surface area (TPSA) is 73.3 Å².